The maximum Gasteiger partial charge on any atom is 0.0501 e. The van der Waals surface area contributed by atoms with Crippen LogP contribution in [0.25, 0.3) is 10.9 Å². The fourth-order valence-corrected chi connectivity index (χ4v) is 3.77. The summed E-state index contributed by atoms with van der Waals surface area (Å²) in [6.45, 7) is 5.41. The van der Waals surface area contributed by atoms with Crippen LogP contribution >= 0.6 is 11.6 Å². The molecule has 0 unspecified atom stereocenters. The van der Waals surface area contributed by atoms with Crippen molar-refractivity contribution in [2.45, 2.75) is 71.0 Å². The molecule has 0 amide bonds. The Morgan fingerprint density at radius 2 is 1.91 bits per heavy atom. The quantitative estimate of drug-likeness (QED) is 0.717. The van der Waals surface area contributed by atoms with Gasteiger partial charge < -0.3 is 9.88 Å². The molecule has 0 radical (unpaired) electrons. The lowest BCUT2D eigenvalue weighted by Crippen LogP contribution is -2.27. The minimum Gasteiger partial charge on any atom is -0.345 e. The number of nitrogens with one attached hydrogen (secondary N) is 1. The molecule has 22 heavy (non-hydrogen) atoms. The molecule has 1 aromatic carbocycles. The van der Waals surface area contributed by atoms with Crippen molar-refractivity contribution in [2.75, 3.05) is 0 Å². The number of fused-ring (bicyclic) bond motifs is 1. The molecule has 1 fully saturated rings. The molecule has 0 spiro atoms. The molecule has 2 nitrogen and oxygen atoms in total. The second kappa shape index (κ2) is 7.06. The van der Waals surface area contributed by atoms with Gasteiger partial charge in [-0.15, -0.1) is 0 Å². The van der Waals surface area contributed by atoms with Crippen molar-refractivity contribution in [1.82, 2.24) is 9.88 Å². The Hall–Kier alpha value is -0.990. The summed E-state index contributed by atoms with van der Waals surface area (Å²) in [5.41, 5.74) is 2.64. The summed E-state index contributed by atoms with van der Waals surface area (Å²) in [5, 5.41) is 5.94. The number of rotatable bonds is 4. The molecule has 1 aliphatic carbocycles. The van der Waals surface area contributed by atoms with Crippen LogP contribution in [0.1, 0.15) is 64.0 Å². The zero-order chi connectivity index (χ0) is 15.5. The van der Waals surface area contributed by atoms with Gasteiger partial charge in [-0.25, -0.2) is 0 Å². The maximum atomic E-state index is 6.19. The number of benzene rings is 1. The van der Waals surface area contributed by atoms with E-state index in [0.717, 1.165) is 11.6 Å². The van der Waals surface area contributed by atoms with Gasteiger partial charge in [0.2, 0.25) is 0 Å². The van der Waals surface area contributed by atoms with Crippen LogP contribution in [-0.2, 0) is 6.54 Å². The molecule has 0 aliphatic heterocycles. The predicted molar refractivity (Wildman–Crippen MR) is 95.7 cm³/mol. The standard InChI is InChI=1S/C19H27ClN2/c1-14(2)22-13-15(18-10-9-16(20)11-19(18)22)12-21-17-7-5-3-4-6-8-17/h9-11,13-14,17,21H,3-8,12H2,1-2H3. The smallest absolute Gasteiger partial charge is 0.0501 e. The zero-order valence-corrected chi connectivity index (χ0v) is 14.5. The maximum absolute atomic E-state index is 6.19. The van der Waals surface area contributed by atoms with E-state index in [-0.39, 0.29) is 0 Å². The summed E-state index contributed by atoms with van der Waals surface area (Å²) in [6, 6.07) is 7.40. The van der Waals surface area contributed by atoms with Crippen LogP contribution in [0.4, 0.5) is 0 Å². The molecule has 1 aliphatic rings. The molecule has 1 aromatic heterocycles. The highest BCUT2D eigenvalue weighted by Gasteiger charge is 2.14. The molecule has 0 bridgehead atoms. The van der Waals surface area contributed by atoms with Gasteiger partial charge in [0.1, 0.15) is 0 Å². The molecule has 3 rings (SSSR count). The lowest BCUT2D eigenvalue weighted by Gasteiger charge is -2.15. The third-order valence-electron chi connectivity index (χ3n) is 4.87. The second-order valence-electron chi connectivity index (χ2n) is 6.89. The van der Waals surface area contributed by atoms with Crippen molar-refractivity contribution in [3.63, 3.8) is 0 Å². The summed E-state index contributed by atoms with van der Waals surface area (Å²) < 4.78 is 2.34. The van der Waals surface area contributed by atoms with Gasteiger partial charge in [0.05, 0.1) is 5.52 Å². The van der Waals surface area contributed by atoms with Gasteiger partial charge in [0, 0.05) is 35.2 Å². The summed E-state index contributed by atoms with van der Waals surface area (Å²) in [5.74, 6) is 0. The third kappa shape index (κ3) is 3.49. The van der Waals surface area contributed by atoms with E-state index in [0.29, 0.717) is 12.1 Å². The first-order chi connectivity index (χ1) is 10.6. The van der Waals surface area contributed by atoms with Crippen molar-refractivity contribution in [3.05, 3.63) is 35.0 Å². The van der Waals surface area contributed by atoms with Gasteiger partial charge in [0.15, 0.2) is 0 Å². The first kappa shape index (κ1) is 15.9. The van der Waals surface area contributed by atoms with E-state index in [1.165, 1.54) is 55.0 Å². The van der Waals surface area contributed by atoms with E-state index in [2.05, 4.69) is 42.1 Å². The van der Waals surface area contributed by atoms with Crippen molar-refractivity contribution in [1.29, 1.82) is 0 Å². The van der Waals surface area contributed by atoms with E-state index in [4.69, 9.17) is 11.6 Å². The lowest BCUT2D eigenvalue weighted by atomic mass is 10.1. The molecule has 3 heteroatoms. The van der Waals surface area contributed by atoms with Crippen LogP contribution in [0, 0.1) is 0 Å². The van der Waals surface area contributed by atoms with E-state index in [1.54, 1.807) is 0 Å². The van der Waals surface area contributed by atoms with Crippen molar-refractivity contribution in [2.24, 2.45) is 0 Å². The lowest BCUT2D eigenvalue weighted by molar-refractivity contribution is 0.459. The van der Waals surface area contributed by atoms with Crippen LogP contribution in [-0.4, -0.2) is 10.6 Å². The molecule has 1 heterocycles. The minimum atomic E-state index is 0.451. The number of hydrogen-bond donors (Lipinski definition) is 1. The SMILES string of the molecule is CC(C)n1cc(CNC2CCCCCC2)c2ccc(Cl)cc21. The normalized spacial score (nSPS) is 17.3. The Kier molecular flexibility index (Phi) is 5.10. The van der Waals surface area contributed by atoms with Crippen LogP contribution < -0.4 is 5.32 Å². The summed E-state index contributed by atoms with van der Waals surface area (Å²) in [6.07, 6.45) is 10.5. The van der Waals surface area contributed by atoms with Gasteiger partial charge in [-0.05, 0) is 44.4 Å². The van der Waals surface area contributed by atoms with Gasteiger partial charge >= 0.3 is 0 Å². The zero-order valence-electron chi connectivity index (χ0n) is 13.7. The molecule has 2 aromatic rings. The summed E-state index contributed by atoms with van der Waals surface area (Å²) in [7, 11) is 0. The molecular weight excluding hydrogens is 292 g/mol. The topological polar surface area (TPSA) is 17.0 Å². The summed E-state index contributed by atoms with van der Waals surface area (Å²) in [4.78, 5) is 0. The number of halogens is 1. The Morgan fingerprint density at radius 1 is 1.18 bits per heavy atom. The van der Waals surface area contributed by atoms with Gasteiger partial charge in [-0.1, -0.05) is 43.4 Å². The van der Waals surface area contributed by atoms with E-state index >= 15 is 0 Å². The Balaban J connectivity index is 1.81. The molecule has 1 saturated carbocycles. The number of hydrogen-bond acceptors (Lipinski definition) is 1. The molecule has 120 valence electrons. The average molecular weight is 319 g/mol. The van der Waals surface area contributed by atoms with Crippen molar-refractivity contribution >= 4 is 22.5 Å². The molecule has 1 N–H and O–H groups in total. The van der Waals surface area contributed by atoms with Crippen LogP contribution in [0.5, 0.6) is 0 Å². The minimum absolute atomic E-state index is 0.451. The van der Waals surface area contributed by atoms with E-state index < -0.39 is 0 Å². The van der Waals surface area contributed by atoms with Crippen molar-refractivity contribution in [3.8, 4) is 0 Å². The predicted octanol–water partition coefficient (Wildman–Crippen LogP) is 5.69. The highest BCUT2D eigenvalue weighted by molar-refractivity contribution is 6.31. The fraction of sp³-hybridized carbons (Fsp3) is 0.579. The molecule has 0 atom stereocenters. The third-order valence-corrected chi connectivity index (χ3v) is 5.11. The van der Waals surface area contributed by atoms with E-state index in [9.17, 15) is 0 Å². The second-order valence-corrected chi connectivity index (χ2v) is 7.32. The van der Waals surface area contributed by atoms with Crippen LogP contribution in [0.2, 0.25) is 5.02 Å². The first-order valence-electron chi connectivity index (χ1n) is 8.67. The Labute approximate surface area is 138 Å². The first-order valence-corrected chi connectivity index (χ1v) is 9.05. The van der Waals surface area contributed by atoms with Gasteiger partial charge in [0.25, 0.3) is 0 Å². The Bertz CT molecular complexity index is 622. The van der Waals surface area contributed by atoms with Crippen LogP contribution in [0.3, 0.4) is 0 Å². The fourth-order valence-electron chi connectivity index (χ4n) is 3.60. The monoisotopic (exact) mass is 318 g/mol. The van der Waals surface area contributed by atoms with E-state index in [1.807, 2.05) is 6.07 Å². The number of aromatic nitrogens is 1. The van der Waals surface area contributed by atoms with Crippen LogP contribution in [0.15, 0.2) is 24.4 Å². The Morgan fingerprint density at radius 3 is 2.59 bits per heavy atom. The van der Waals surface area contributed by atoms with Gasteiger partial charge in [-0.3, -0.25) is 0 Å². The van der Waals surface area contributed by atoms with Crippen molar-refractivity contribution < 1.29 is 0 Å². The summed E-state index contributed by atoms with van der Waals surface area (Å²) >= 11 is 6.19. The largest absolute Gasteiger partial charge is 0.345 e. The number of nitrogens with zero attached hydrogens (tertiary/aromatic N) is 1. The molecular formula is C19H27ClN2. The highest BCUT2D eigenvalue weighted by Crippen LogP contribution is 2.28. The highest BCUT2D eigenvalue weighted by atomic mass is 35.5. The van der Waals surface area contributed by atoms with Gasteiger partial charge in [-0.2, -0.15) is 0 Å². The molecule has 0 saturated heterocycles. The average Bonchev–Trinajstić information content (AvgIpc) is 2.67.